The molecule has 2 fully saturated rings. The summed E-state index contributed by atoms with van der Waals surface area (Å²) in [6.07, 6.45) is -14.7. The van der Waals surface area contributed by atoms with Crippen LogP contribution in [0.5, 0.6) is 40.2 Å². The van der Waals surface area contributed by atoms with E-state index in [1.165, 1.54) is 56.7 Å². The number of methoxy groups -OCH3 is 2. The van der Waals surface area contributed by atoms with Crippen LogP contribution in [0.15, 0.2) is 65.1 Å². The van der Waals surface area contributed by atoms with Crippen LogP contribution in [0, 0.1) is 0 Å². The zero-order chi connectivity index (χ0) is 41.1. The topological polar surface area (TPSA) is 295 Å². The van der Waals surface area contributed by atoms with E-state index in [4.69, 9.17) is 37.6 Å². The van der Waals surface area contributed by atoms with Crippen molar-refractivity contribution < 1.29 is 93.4 Å². The number of aliphatic hydroxyl groups is 7. The second-order valence-corrected chi connectivity index (χ2v) is 13.0. The van der Waals surface area contributed by atoms with Gasteiger partial charge in [0, 0.05) is 30.3 Å². The molecule has 0 amide bonds. The van der Waals surface area contributed by atoms with Gasteiger partial charge in [0.25, 0.3) is 0 Å². The Balaban J connectivity index is 1.34. The molecule has 10 atom stereocenters. The third-order valence-electron chi connectivity index (χ3n) is 9.24. The van der Waals surface area contributed by atoms with Gasteiger partial charge in [-0.1, -0.05) is 12.1 Å². The summed E-state index contributed by atoms with van der Waals surface area (Å²) in [7, 11) is 2.57. The lowest BCUT2D eigenvalue weighted by molar-refractivity contribution is -0.278. The third-order valence-corrected chi connectivity index (χ3v) is 9.24. The maximum Gasteiger partial charge on any atom is 0.402 e. The number of aliphatic hydroxyl groups excluding tert-OH is 7. The minimum Gasteiger partial charge on any atom is -0.508 e. The molecular formula is C38H41O19+. The lowest BCUT2D eigenvalue weighted by atomic mass is 9.99. The SMILES string of the molecule is COc1cc(-c2[o+]c3cc(O)cc(O[C@@H]4O[C@H](COC(=O)C=Cc5ccc(O)cc5)[C@@H](O)[C@H](O)[C@H]4O)c3cc2O[C@@H]2O[C@H](CO)[C@@H](O)[C@H](O)[C@H]2O)cc(OC)c1O. The molecule has 0 bridgehead atoms. The van der Waals surface area contributed by atoms with Crippen molar-refractivity contribution in [2.75, 3.05) is 27.4 Å². The Bertz CT molecular complexity index is 2040. The lowest BCUT2D eigenvalue weighted by Gasteiger charge is -2.40. The number of phenolic OH excluding ortho intramolecular Hbond substituents is 3. The molecule has 19 heteroatoms. The fraction of sp³-hybridized carbons (Fsp3) is 0.368. The molecule has 0 unspecified atom stereocenters. The molecule has 2 aliphatic rings. The molecule has 1 aromatic heterocycles. The minimum absolute atomic E-state index is 0.00704. The largest absolute Gasteiger partial charge is 0.508 e. The summed E-state index contributed by atoms with van der Waals surface area (Å²) in [6, 6.07) is 12.2. The number of carbonyl (C=O) groups excluding carboxylic acids is 1. The molecular weight excluding hydrogens is 760 g/mol. The molecule has 306 valence electrons. The highest BCUT2D eigenvalue weighted by molar-refractivity contribution is 5.89. The lowest BCUT2D eigenvalue weighted by Crippen LogP contribution is -2.60. The Kier molecular flexibility index (Phi) is 12.5. The van der Waals surface area contributed by atoms with Crippen LogP contribution in [0.3, 0.4) is 0 Å². The molecule has 3 aromatic carbocycles. The number of phenols is 3. The zero-order valence-corrected chi connectivity index (χ0v) is 30.2. The highest BCUT2D eigenvalue weighted by Crippen LogP contribution is 2.46. The van der Waals surface area contributed by atoms with E-state index < -0.39 is 86.3 Å². The molecule has 2 saturated heterocycles. The number of esters is 1. The highest BCUT2D eigenvalue weighted by atomic mass is 16.7. The van der Waals surface area contributed by atoms with Crippen LogP contribution in [0.2, 0.25) is 0 Å². The molecule has 19 nitrogen and oxygen atoms in total. The van der Waals surface area contributed by atoms with E-state index in [0.717, 1.165) is 12.1 Å². The van der Waals surface area contributed by atoms with E-state index in [1.807, 2.05) is 0 Å². The van der Waals surface area contributed by atoms with Gasteiger partial charge < -0.3 is 84.2 Å². The number of carbonyl (C=O) groups is 1. The summed E-state index contributed by atoms with van der Waals surface area (Å²) in [5.41, 5.74) is 0.628. The normalized spacial score (nSPS) is 27.6. The molecule has 4 aromatic rings. The van der Waals surface area contributed by atoms with Gasteiger partial charge in [-0.2, -0.15) is 0 Å². The van der Waals surface area contributed by atoms with Crippen LogP contribution in [0.25, 0.3) is 28.4 Å². The van der Waals surface area contributed by atoms with Gasteiger partial charge in [0.15, 0.2) is 11.5 Å². The van der Waals surface area contributed by atoms with Crippen molar-refractivity contribution in [2.24, 2.45) is 0 Å². The maximum atomic E-state index is 12.4. The van der Waals surface area contributed by atoms with Crippen molar-refractivity contribution in [3.8, 4) is 51.6 Å². The molecule has 0 saturated carbocycles. The van der Waals surface area contributed by atoms with Crippen LogP contribution in [-0.4, -0.2) is 146 Å². The smallest absolute Gasteiger partial charge is 0.402 e. The molecule has 0 spiro atoms. The number of benzene rings is 3. The zero-order valence-electron chi connectivity index (χ0n) is 30.2. The van der Waals surface area contributed by atoms with Crippen molar-refractivity contribution in [2.45, 2.75) is 61.4 Å². The fourth-order valence-electron chi connectivity index (χ4n) is 6.11. The standard InChI is InChI=1S/C38H40O19/c1-50-23-9-17(10-24(51-2)29(23)43)36-25(55-38-34(48)32(46)30(44)26(14-39)56-38)13-20-21(53-36)11-19(41)12-22(20)54-37-35(49)33(47)31(45)27(57-37)15-52-28(42)8-5-16-3-6-18(40)7-4-16/h3-13,26-27,30-35,37-39,44-49H,14-15H2,1-2H3,(H2-,40,41,42,43)/p+1/t26-,27-,30-,31-,32+,33+,34-,35-,37-,38-/m1/s1. The predicted octanol–water partition coefficient (Wildman–Crippen LogP) is 0.137. The first kappa shape index (κ1) is 41.2. The Morgan fingerprint density at radius 3 is 1.88 bits per heavy atom. The summed E-state index contributed by atoms with van der Waals surface area (Å²) in [4.78, 5) is 12.4. The Labute approximate surface area is 322 Å². The van der Waals surface area contributed by atoms with E-state index >= 15 is 0 Å². The van der Waals surface area contributed by atoms with Crippen molar-refractivity contribution in [3.05, 3.63) is 66.2 Å². The maximum absolute atomic E-state index is 12.4. The number of hydrogen-bond acceptors (Lipinski definition) is 18. The molecule has 6 rings (SSSR count). The summed E-state index contributed by atoms with van der Waals surface area (Å²) in [6.45, 7) is -1.36. The first-order valence-corrected chi connectivity index (χ1v) is 17.3. The van der Waals surface area contributed by atoms with E-state index in [1.54, 1.807) is 12.1 Å². The van der Waals surface area contributed by atoms with E-state index in [2.05, 4.69) is 0 Å². The van der Waals surface area contributed by atoms with Crippen molar-refractivity contribution in [1.82, 2.24) is 0 Å². The molecule has 0 radical (unpaired) electrons. The first-order chi connectivity index (χ1) is 27.2. The van der Waals surface area contributed by atoms with Crippen molar-refractivity contribution >= 4 is 23.0 Å². The van der Waals surface area contributed by atoms with Gasteiger partial charge >= 0.3 is 17.3 Å². The second kappa shape index (κ2) is 17.3. The Hall–Kier alpha value is -5.48. The summed E-state index contributed by atoms with van der Waals surface area (Å²) in [5, 5.41) is 104. The van der Waals surface area contributed by atoms with Crippen LogP contribution >= 0.6 is 0 Å². The molecule has 2 aliphatic heterocycles. The van der Waals surface area contributed by atoms with Crippen LogP contribution in [-0.2, 0) is 19.0 Å². The molecule has 0 aliphatic carbocycles. The predicted molar refractivity (Wildman–Crippen MR) is 192 cm³/mol. The van der Waals surface area contributed by atoms with Gasteiger partial charge in [0.05, 0.1) is 32.5 Å². The fourth-order valence-corrected chi connectivity index (χ4v) is 6.11. The second-order valence-electron chi connectivity index (χ2n) is 13.0. The highest BCUT2D eigenvalue weighted by Gasteiger charge is 2.47. The Morgan fingerprint density at radius 1 is 0.702 bits per heavy atom. The quantitative estimate of drug-likeness (QED) is 0.0518. The number of aromatic hydroxyl groups is 3. The average molecular weight is 802 g/mol. The van der Waals surface area contributed by atoms with Gasteiger partial charge in [-0.3, -0.25) is 0 Å². The van der Waals surface area contributed by atoms with E-state index in [0.29, 0.717) is 5.56 Å². The third kappa shape index (κ3) is 8.76. The average Bonchev–Trinajstić information content (AvgIpc) is 3.20. The van der Waals surface area contributed by atoms with Gasteiger partial charge in [-0.15, -0.1) is 0 Å². The van der Waals surface area contributed by atoms with E-state index in [9.17, 15) is 55.9 Å². The van der Waals surface area contributed by atoms with Crippen molar-refractivity contribution in [3.63, 3.8) is 0 Å². The monoisotopic (exact) mass is 801 g/mol. The molecule has 10 N–H and O–H groups in total. The van der Waals surface area contributed by atoms with Crippen LogP contribution < -0.4 is 18.9 Å². The van der Waals surface area contributed by atoms with Gasteiger partial charge in [0.2, 0.25) is 24.1 Å². The number of rotatable bonds is 12. The summed E-state index contributed by atoms with van der Waals surface area (Å²) < 4.78 is 45.2. The summed E-state index contributed by atoms with van der Waals surface area (Å²) in [5.74, 6) is -2.36. The number of hydrogen-bond donors (Lipinski definition) is 10. The first-order valence-electron chi connectivity index (χ1n) is 17.3. The Morgan fingerprint density at radius 2 is 1.28 bits per heavy atom. The van der Waals surface area contributed by atoms with Crippen LogP contribution in [0.1, 0.15) is 5.56 Å². The van der Waals surface area contributed by atoms with E-state index in [-0.39, 0.29) is 56.8 Å². The minimum atomic E-state index is -1.89. The van der Waals surface area contributed by atoms with Gasteiger partial charge in [-0.05, 0) is 23.8 Å². The van der Waals surface area contributed by atoms with Gasteiger partial charge in [-0.25, -0.2) is 9.21 Å². The van der Waals surface area contributed by atoms with Crippen molar-refractivity contribution in [1.29, 1.82) is 0 Å². The number of ether oxygens (including phenoxy) is 7. The molecule has 57 heavy (non-hydrogen) atoms. The molecule has 3 heterocycles. The number of fused-ring (bicyclic) bond motifs is 1. The summed E-state index contributed by atoms with van der Waals surface area (Å²) >= 11 is 0. The van der Waals surface area contributed by atoms with Crippen LogP contribution in [0.4, 0.5) is 0 Å². The van der Waals surface area contributed by atoms with Gasteiger partial charge in [0.1, 0.15) is 78.1 Å².